The molecule has 0 saturated heterocycles. The van der Waals surface area contributed by atoms with Crippen molar-refractivity contribution in [3.8, 4) is 11.5 Å². The minimum atomic E-state index is -0.347. The van der Waals surface area contributed by atoms with Gasteiger partial charge >= 0.3 is 5.97 Å². The van der Waals surface area contributed by atoms with E-state index in [-0.39, 0.29) is 17.8 Å². The smallest absolute Gasteiger partial charge is 0.308 e. The third kappa shape index (κ3) is 3.22. The van der Waals surface area contributed by atoms with Gasteiger partial charge in [-0.15, -0.1) is 0 Å². The number of hydrogen-bond acceptors (Lipinski definition) is 3. The Morgan fingerprint density at radius 3 is 1.82 bits per heavy atom. The zero-order valence-electron chi connectivity index (χ0n) is 11.1. The minimum Gasteiger partial charge on any atom is -0.507 e. The highest BCUT2D eigenvalue weighted by atomic mass is 16.5. The lowest BCUT2D eigenvalue weighted by atomic mass is 9.93. The number of esters is 1. The highest BCUT2D eigenvalue weighted by Crippen LogP contribution is 2.37. The van der Waals surface area contributed by atoms with Gasteiger partial charge in [-0.25, -0.2) is 0 Å². The second kappa shape index (κ2) is 5.21. The second-order valence-electron chi connectivity index (χ2n) is 4.85. The topological polar surface area (TPSA) is 46.5 Å². The van der Waals surface area contributed by atoms with E-state index >= 15 is 0 Å². The summed E-state index contributed by atoms with van der Waals surface area (Å²) in [5.74, 6) is 0.833. The van der Waals surface area contributed by atoms with Crippen molar-refractivity contribution >= 4 is 5.97 Å². The number of aromatic hydroxyl groups is 1. The molecule has 0 fully saturated rings. The Labute approximate surface area is 102 Å². The molecule has 17 heavy (non-hydrogen) atoms. The molecule has 0 aromatic heterocycles. The Morgan fingerprint density at radius 1 is 1.12 bits per heavy atom. The summed E-state index contributed by atoms with van der Waals surface area (Å²) in [7, 11) is 0. The van der Waals surface area contributed by atoms with Crippen LogP contribution in [0.3, 0.4) is 0 Å². The predicted octanol–water partition coefficient (Wildman–Crippen LogP) is 3.56. The second-order valence-corrected chi connectivity index (χ2v) is 4.85. The summed E-state index contributed by atoms with van der Waals surface area (Å²) in [6, 6.07) is 3.46. The molecular formula is C14H20O3. The molecule has 1 rings (SSSR count). The number of carbonyl (C=O) groups is 1. The van der Waals surface area contributed by atoms with Crippen molar-refractivity contribution in [2.24, 2.45) is 0 Å². The zero-order valence-corrected chi connectivity index (χ0v) is 11.1. The summed E-state index contributed by atoms with van der Waals surface area (Å²) in [6.45, 7) is 9.36. The Kier molecular flexibility index (Phi) is 4.16. The highest BCUT2D eigenvalue weighted by Gasteiger charge is 2.16. The summed E-state index contributed by atoms with van der Waals surface area (Å²) >= 11 is 0. The Balaban J connectivity index is 3.31. The number of hydrogen-bond donors (Lipinski definition) is 1. The van der Waals surface area contributed by atoms with Crippen LogP contribution in [0.15, 0.2) is 12.1 Å². The molecule has 0 unspecified atom stereocenters. The average Bonchev–Trinajstić information content (AvgIpc) is 2.18. The van der Waals surface area contributed by atoms with Gasteiger partial charge in [-0.3, -0.25) is 4.79 Å². The number of rotatable bonds is 3. The van der Waals surface area contributed by atoms with Crippen LogP contribution < -0.4 is 4.74 Å². The van der Waals surface area contributed by atoms with Crippen LogP contribution in [0, 0.1) is 0 Å². The Bertz CT molecular complexity index is 390. The molecule has 0 spiro atoms. The van der Waals surface area contributed by atoms with Gasteiger partial charge in [0.05, 0.1) is 0 Å². The quantitative estimate of drug-likeness (QED) is 0.644. The van der Waals surface area contributed by atoms with E-state index in [2.05, 4.69) is 0 Å². The lowest BCUT2D eigenvalue weighted by molar-refractivity contribution is -0.131. The molecule has 0 saturated carbocycles. The molecule has 0 aliphatic heterocycles. The van der Waals surface area contributed by atoms with Crippen molar-refractivity contribution in [1.82, 2.24) is 0 Å². The van der Waals surface area contributed by atoms with E-state index in [1.165, 1.54) is 6.92 Å². The maximum Gasteiger partial charge on any atom is 0.308 e. The van der Waals surface area contributed by atoms with Gasteiger partial charge in [-0.05, 0) is 24.0 Å². The van der Waals surface area contributed by atoms with Gasteiger partial charge in [0.25, 0.3) is 0 Å². The maximum absolute atomic E-state index is 11.0. The Morgan fingerprint density at radius 2 is 1.53 bits per heavy atom. The van der Waals surface area contributed by atoms with E-state index in [0.29, 0.717) is 11.5 Å². The fourth-order valence-electron chi connectivity index (χ4n) is 1.76. The lowest BCUT2D eigenvalue weighted by Crippen LogP contribution is -2.04. The molecule has 3 nitrogen and oxygen atoms in total. The first-order valence-corrected chi connectivity index (χ1v) is 5.88. The predicted molar refractivity (Wildman–Crippen MR) is 67.6 cm³/mol. The van der Waals surface area contributed by atoms with Crippen molar-refractivity contribution in [1.29, 1.82) is 0 Å². The van der Waals surface area contributed by atoms with Crippen LogP contribution >= 0.6 is 0 Å². The molecule has 3 heteroatoms. The fourth-order valence-corrected chi connectivity index (χ4v) is 1.76. The summed E-state index contributed by atoms with van der Waals surface area (Å²) in [5.41, 5.74) is 1.62. The van der Waals surface area contributed by atoms with Gasteiger partial charge in [-0.2, -0.15) is 0 Å². The van der Waals surface area contributed by atoms with Crippen LogP contribution in [0.5, 0.6) is 11.5 Å². The molecule has 0 heterocycles. The number of benzene rings is 1. The molecular weight excluding hydrogens is 216 g/mol. The molecule has 0 amide bonds. The van der Waals surface area contributed by atoms with Crippen LogP contribution in [0.1, 0.15) is 57.6 Å². The monoisotopic (exact) mass is 236 g/mol. The summed E-state index contributed by atoms with van der Waals surface area (Å²) in [6.07, 6.45) is 0. The molecule has 1 aromatic carbocycles. The molecule has 0 atom stereocenters. The van der Waals surface area contributed by atoms with Crippen LogP contribution in [0.4, 0.5) is 0 Å². The first-order valence-electron chi connectivity index (χ1n) is 5.88. The van der Waals surface area contributed by atoms with E-state index in [0.717, 1.165) is 11.1 Å². The van der Waals surface area contributed by atoms with Gasteiger partial charge in [-0.1, -0.05) is 27.7 Å². The summed E-state index contributed by atoms with van der Waals surface area (Å²) in [4.78, 5) is 11.0. The third-order valence-corrected chi connectivity index (χ3v) is 2.65. The van der Waals surface area contributed by atoms with E-state index in [1.807, 2.05) is 27.7 Å². The van der Waals surface area contributed by atoms with Gasteiger partial charge in [0, 0.05) is 18.1 Å². The zero-order chi connectivity index (χ0) is 13.2. The number of phenolic OH excluding ortho intramolecular Hbond substituents is 1. The number of ether oxygens (including phenoxy) is 1. The first-order chi connectivity index (χ1) is 7.82. The highest BCUT2D eigenvalue weighted by molar-refractivity contribution is 5.69. The van der Waals surface area contributed by atoms with Gasteiger partial charge in [0.1, 0.15) is 11.5 Å². The van der Waals surface area contributed by atoms with E-state index in [4.69, 9.17) is 4.74 Å². The first kappa shape index (κ1) is 13.6. The van der Waals surface area contributed by atoms with Crippen molar-refractivity contribution in [3.63, 3.8) is 0 Å². The summed E-state index contributed by atoms with van der Waals surface area (Å²) < 4.78 is 5.10. The van der Waals surface area contributed by atoms with Crippen molar-refractivity contribution in [2.75, 3.05) is 0 Å². The van der Waals surface area contributed by atoms with E-state index < -0.39 is 0 Å². The van der Waals surface area contributed by atoms with Gasteiger partial charge in [0.15, 0.2) is 0 Å². The average molecular weight is 236 g/mol. The van der Waals surface area contributed by atoms with Gasteiger partial charge < -0.3 is 9.84 Å². The number of phenols is 1. The molecule has 0 radical (unpaired) electrons. The molecule has 0 aliphatic carbocycles. The van der Waals surface area contributed by atoms with Crippen LogP contribution in [0.2, 0.25) is 0 Å². The molecule has 94 valence electrons. The van der Waals surface area contributed by atoms with Crippen molar-refractivity contribution in [3.05, 3.63) is 23.3 Å². The molecule has 1 aromatic rings. The normalized spacial score (nSPS) is 11.0. The van der Waals surface area contributed by atoms with Crippen molar-refractivity contribution in [2.45, 2.75) is 46.5 Å². The molecule has 1 N–H and O–H groups in total. The van der Waals surface area contributed by atoms with Crippen LogP contribution in [0.25, 0.3) is 0 Å². The van der Waals surface area contributed by atoms with E-state index in [1.54, 1.807) is 12.1 Å². The van der Waals surface area contributed by atoms with Crippen LogP contribution in [-0.2, 0) is 4.79 Å². The molecule has 0 aliphatic rings. The largest absolute Gasteiger partial charge is 0.507 e. The SMILES string of the molecule is CC(=O)Oc1cc(C(C)C)c(O)c(C(C)C)c1. The lowest BCUT2D eigenvalue weighted by Gasteiger charge is -2.16. The Hall–Kier alpha value is -1.51. The maximum atomic E-state index is 11.0. The molecule has 0 bridgehead atoms. The fraction of sp³-hybridized carbons (Fsp3) is 0.500. The van der Waals surface area contributed by atoms with Crippen molar-refractivity contribution < 1.29 is 14.6 Å². The standard InChI is InChI=1S/C14H20O3/c1-8(2)12-6-11(17-10(5)15)7-13(9(3)4)14(12)16/h6-9,16H,1-5H3. The third-order valence-electron chi connectivity index (χ3n) is 2.65. The number of carbonyl (C=O) groups excluding carboxylic acids is 1. The minimum absolute atomic E-state index is 0.183. The van der Waals surface area contributed by atoms with Crippen LogP contribution in [-0.4, -0.2) is 11.1 Å². The van der Waals surface area contributed by atoms with E-state index in [9.17, 15) is 9.90 Å². The van der Waals surface area contributed by atoms with Gasteiger partial charge in [0.2, 0.25) is 0 Å². The summed E-state index contributed by atoms with van der Waals surface area (Å²) in [5, 5.41) is 10.1.